The second kappa shape index (κ2) is 7.70. The highest BCUT2D eigenvalue weighted by atomic mass is 16.4. The van der Waals surface area contributed by atoms with Crippen LogP contribution in [0.3, 0.4) is 0 Å². The summed E-state index contributed by atoms with van der Waals surface area (Å²) in [6.07, 6.45) is 2.04. The van der Waals surface area contributed by atoms with E-state index in [4.69, 9.17) is 5.11 Å². The molecule has 0 aliphatic heterocycles. The fourth-order valence-electron chi connectivity index (χ4n) is 1.44. The summed E-state index contributed by atoms with van der Waals surface area (Å²) < 4.78 is 0. The Bertz CT molecular complexity index is 277. The van der Waals surface area contributed by atoms with Crippen molar-refractivity contribution in [1.82, 2.24) is 10.2 Å². The van der Waals surface area contributed by atoms with E-state index >= 15 is 0 Å². The molecule has 17 heavy (non-hydrogen) atoms. The van der Waals surface area contributed by atoms with E-state index in [1.807, 2.05) is 20.8 Å². The van der Waals surface area contributed by atoms with Gasteiger partial charge in [-0.15, -0.1) is 6.58 Å². The Kier molecular flexibility index (Phi) is 7.02. The van der Waals surface area contributed by atoms with Crippen LogP contribution in [0.2, 0.25) is 0 Å². The zero-order chi connectivity index (χ0) is 13.4. The molecule has 1 unspecified atom stereocenters. The molecule has 0 saturated heterocycles. The van der Waals surface area contributed by atoms with Crippen LogP contribution in [0, 0.1) is 5.92 Å². The molecule has 0 radical (unpaired) electrons. The maximum absolute atomic E-state index is 11.8. The lowest BCUT2D eigenvalue weighted by atomic mass is 10.0. The summed E-state index contributed by atoms with van der Waals surface area (Å²) >= 11 is 0. The minimum atomic E-state index is -0.998. The molecule has 0 heterocycles. The molecule has 0 aromatic rings. The number of carboxylic acids is 1. The van der Waals surface area contributed by atoms with Gasteiger partial charge in [-0.05, 0) is 19.3 Å². The van der Waals surface area contributed by atoms with Gasteiger partial charge >= 0.3 is 12.0 Å². The lowest BCUT2D eigenvalue weighted by Crippen LogP contribution is -2.48. The number of aliphatic carboxylic acids is 1. The zero-order valence-corrected chi connectivity index (χ0v) is 10.8. The average molecular weight is 242 g/mol. The number of likely N-dealkylation sites (N-methyl/N-ethyl adjacent to an activating group) is 1. The number of carbonyl (C=O) groups excluding carboxylic acids is 1. The normalized spacial score (nSPS) is 12.0. The smallest absolute Gasteiger partial charge is 0.326 e. The Labute approximate surface area is 102 Å². The first kappa shape index (κ1) is 15.5. The maximum Gasteiger partial charge on any atom is 0.326 e. The van der Waals surface area contributed by atoms with Gasteiger partial charge < -0.3 is 15.3 Å². The predicted octanol–water partition coefficient (Wildman–Crippen LogP) is 1.70. The van der Waals surface area contributed by atoms with Gasteiger partial charge in [0, 0.05) is 13.1 Å². The third-order valence-electron chi connectivity index (χ3n) is 2.32. The Balaban J connectivity index is 4.47. The molecule has 2 N–H and O–H groups in total. The highest BCUT2D eigenvalue weighted by Gasteiger charge is 2.22. The highest BCUT2D eigenvalue weighted by molar-refractivity contribution is 5.82. The molecule has 5 nitrogen and oxygen atoms in total. The molecular formula is C12H22N2O3. The highest BCUT2D eigenvalue weighted by Crippen LogP contribution is 2.05. The Morgan fingerprint density at radius 2 is 2.06 bits per heavy atom. The molecule has 0 aliphatic carbocycles. The zero-order valence-electron chi connectivity index (χ0n) is 10.8. The van der Waals surface area contributed by atoms with E-state index in [2.05, 4.69) is 11.9 Å². The van der Waals surface area contributed by atoms with Gasteiger partial charge in [0.2, 0.25) is 0 Å². The molecule has 0 aliphatic rings. The van der Waals surface area contributed by atoms with Gasteiger partial charge in [0.15, 0.2) is 0 Å². The van der Waals surface area contributed by atoms with Gasteiger partial charge in [-0.1, -0.05) is 19.9 Å². The van der Waals surface area contributed by atoms with Crippen molar-refractivity contribution in [2.75, 3.05) is 13.1 Å². The standard InChI is InChI=1S/C12H22N2O3/c1-5-7-14(6-2)12(17)13-10(11(15)16)8-9(3)4/h5,9-10H,1,6-8H2,2-4H3,(H,13,17)(H,15,16). The van der Waals surface area contributed by atoms with Gasteiger partial charge in [-0.2, -0.15) is 0 Å². The summed E-state index contributed by atoms with van der Waals surface area (Å²) in [6.45, 7) is 10.2. The maximum atomic E-state index is 11.8. The molecule has 0 fully saturated rings. The summed E-state index contributed by atoms with van der Waals surface area (Å²) in [7, 11) is 0. The number of rotatable bonds is 7. The third kappa shape index (κ3) is 5.94. The number of carboxylic acid groups (broad SMARTS) is 1. The largest absolute Gasteiger partial charge is 0.480 e. The summed E-state index contributed by atoms with van der Waals surface area (Å²) in [4.78, 5) is 24.3. The minimum absolute atomic E-state index is 0.214. The molecule has 0 bridgehead atoms. The summed E-state index contributed by atoms with van der Waals surface area (Å²) in [5.41, 5.74) is 0. The van der Waals surface area contributed by atoms with E-state index in [0.29, 0.717) is 19.5 Å². The van der Waals surface area contributed by atoms with Crippen molar-refractivity contribution in [3.8, 4) is 0 Å². The molecule has 2 amide bonds. The van der Waals surface area contributed by atoms with Crippen molar-refractivity contribution < 1.29 is 14.7 Å². The molecule has 1 atom stereocenters. The number of carbonyl (C=O) groups is 2. The van der Waals surface area contributed by atoms with Crippen molar-refractivity contribution in [1.29, 1.82) is 0 Å². The van der Waals surface area contributed by atoms with Crippen LogP contribution in [0.5, 0.6) is 0 Å². The van der Waals surface area contributed by atoms with E-state index in [-0.39, 0.29) is 11.9 Å². The van der Waals surface area contributed by atoms with Crippen LogP contribution >= 0.6 is 0 Å². The Morgan fingerprint density at radius 1 is 1.47 bits per heavy atom. The first-order valence-electron chi connectivity index (χ1n) is 5.81. The first-order chi connectivity index (χ1) is 7.92. The summed E-state index contributed by atoms with van der Waals surface area (Å²) in [5, 5.41) is 11.5. The van der Waals surface area contributed by atoms with Crippen LogP contribution < -0.4 is 5.32 Å². The predicted molar refractivity (Wildman–Crippen MR) is 66.9 cm³/mol. The molecule has 5 heteroatoms. The van der Waals surface area contributed by atoms with Gasteiger partial charge in [0.1, 0.15) is 6.04 Å². The van der Waals surface area contributed by atoms with Crippen LogP contribution in [0.4, 0.5) is 4.79 Å². The van der Waals surface area contributed by atoms with Crippen molar-refractivity contribution >= 4 is 12.0 Å². The van der Waals surface area contributed by atoms with E-state index in [9.17, 15) is 9.59 Å². The van der Waals surface area contributed by atoms with E-state index < -0.39 is 12.0 Å². The SMILES string of the molecule is C=CCN(CC)C(=O)NC(CC(C)C)C(=O)O. The number of nitrogens with zero attached hydrogens (tertiary/aromatic N) is 1. The number of amides is 2. The van der Waals surface area contributed by atoms with Crippen molar-refractivity contribution in [3.05, 3.63) is 12.7 Å². The first-order valence-corrected chi connectivity index (χ1v) is 5.81. The average Bonchev–Trinajstić information content (AvgIpc) is 2.23. The van der Waals surface area contributed by atoms with Crippen LogP contribution in [-0.2, 0) is 4.79 Å². The lowest BCUT2D eigenvalue weighted by molar-refractivity contribution is -0.139. The number of hydrogen-bond donors (Lipinski definition) is 2. The Morgan fingerprint density at radius 3 is 2.41 bits per heavy atom. The van der Waals surface area contributed by atoms with E-state index in [1.54, 1.807) is 6.08 Å². The van der Waals surface area contributed by atoms with Gasteiger partial charge in [0.05, 0.1) is 0 Å². The van der Waals surface area contributed by atoms with Crippen molar-refractivity contribution in [3.63, 3.8) is 0 Å². The lowest BCUT2D eigenvalue weighted by Gasteiger charge is -2.23. The fraction of sp³-hybridized carbons (Fsp3) is 0.667. The minimum Gasteiger partial charge on any atom is -0.480 e. The summed E-state index contributed by atoms with van der Waals surface area (Å²) in [5.74, 6) is -0.785. The molecule has 0 spiro atoms. The molecular weight excluding hydrogens is 220 g/mol. The monoisotopic (exact) mass is 242 g/mol. The molecule has 0 aromatic heterocycles. The molecule has 0 saturated carbocycles. The Hall–Kier alpha value is -1.52. The van der Waals surface area contributed by atoms with E-state index in [1.165, 1.54) is 4.90 Å². The quantitative estimate of drug-likeness (QED) is 0.668. The van der Waals surface area contributed by atoms with Gasteiger partial charge in [-0.3, -0.25) is 0 Å². The van der Waals surface area contributed by atoms with Crippen LogP contribution in [0.25, 0.3) is 0 Å². The van der Waals surface area contributed by atoms with Crippen molar-refractivity contribution in [2.24, 2.45) is 5.92 Å². The number of hydrogen-bond acceptors (Lipinski definition) is 2. The number of urea groups is 1. The second-order valence-corrected chi connectivity index (χ2v) is 4.30. The molecule has 0 aromatic carbocycles. The van der Waals surface area contributed by atoms with Crippen molar-refractivity contribution in [2.45, 2.75) is 33.2 Å². The number of nitrogens with one attached hydrogen (secondary N) is 1. The molecule has 0 rings (SSSR count). The van der Waals surface area contributed by atoms with Crippen LogP contribution in [0.1, 0.15) is 27.2 Å². The third-order valence-corrected chi connectivity index (χ3v) is 2.32. The summed E-state index contributed by atoms with van der Waals surface area (Å²) in [6, 6.07) is -1.19. The second-order valence-electron chi connectivity index (χ2n) is 4.30. The molecule has 98 valence electrons. The fourth-order valence-corrected chi connectivity index (χ4v) is 1.44. The van der Waals surface area contributed by atoms with E-state index in [0.717, 1.165) is 0 Å². The van der Waals surface area contributed by atoms with Crippen LogP contribution in [0.15, 0.2) is 12.7 Å². The van der Waals surface area contributed by atoms with Crippen LogP contribution in [-0.4, -0.2) is 41.1 Å². The van der Waals surface area contributed by atoms with Gasteiger partial charge in [-0.25, -0.2) is 9.59 Å². The topological polar surface area (TPSA) is 69.6 Å². The van der Waals surface area contributed by atoms with Gasteiger partial charge in [0.25, 0.3) is 0 Å².